The summed E-state index contributed by atoms with van der Waals surface area (Å²) < 4.78 is 5.71. The summed E-state index contributed by atoms with van der Waals surface area (Å²) in [6.07, 6.45) is 6.17. The van der Waals surface area contributed by atoms with E-state index in [4.69, 9.17) is 4.74 Å². The van der Waals surface area contributed by atoms with Crippen LogP contribution in [0.2, 0.25) is 0 Å². The zero-order chi connectivity index (χ0) is 23.2. The lowest BCUT2D eigenvalue weighted by Crippen LogP contribution is -2.27. The first-order valence-electron chi connectivity index (χ1n) is 12.4. The molecule has 0 radical (unpaired) electrons. The van der Waals surface area contributed by atoms with Gasteiger partial charge < -0.3 is 14.7 Å². The topological polar surface area (TPSA) is 66.8 Å². The first-order valence-corrected chi connectivity index (χ1v) is 12.4. The summed E-state index contributed by atoms with van der Waals surface area (Å²) >= 11 is 0. The first kappa shape index (κ1) is 23.5. The smallest absolute Gasteiger partial charge is 0.253 e. The fraction of sp³-hybridized carbons (Fsp3) is 0.500. The van der Waals surface area contributed by atoms with Crippen molar-refractivity contribution in [2.45, 2.75) is 64.4 Å². The molecule has 1 aliphatic heterocycles. The first-order chi connectivity index (χ1) is 16.0. The molecule has 1 amide bonds. The van der Waals surface area contributed by atoms with Crippen LogP contribution in [0.15, 0.2) is 42.5 Å². The van der Waals surface area contributed by atoms with Gasteiger partial charge >= 0.3 is 0 Å². The third kappa shape index (κ3) is 5.83. The molecule has 176 valence electrons. The molecule has 0 bridgehead atoms. The fourth-order valence-corrected chi connectivity index (χ4v) is 5.12. The fourth-order valence-electron chi connectivity index (χ4n) is 5.12. The van der Waals surface area contributed by atoms with Crippen LogP contribution >= 0.6 is 0 Å². The highest BCUT2D eigenvalue weighted by Gasteiger charge is 2.24. The molecule has 2 aliphatic rings. The van der Waals surface area contributed by atoms with E-state index >= 15 is 0 Å². The molecule has 1 saturated heterocycles. The predicted molar refractivity (Wildman–Crippen MR) is 129 cm³/mol. The summed E-state index contributed by atoms with van der Waals surface area (Å²) in [7, 11) is 0. The Balaban J connectivity index is 1.29. The Morgan fingerprint density at radius 1 is 1.06 bits per heavy atom. The van der Waals surface area contributed by atoms with E-state index in [-0.39, 0.29) is 18.1 Å². The molecule has 1 aliphatic carbocycles. The summed E-state index contributed by atoms with van der Waals surface area (Å²) in [5.74, 6) is 0.992. The number of amides is 1. The minimum atomic E-state index is -0.482. The Morgan fingerprint density at radius 2 is 1.76 bits per heavy atom. The lowest BCUT2D eigenvalue weighted by Gasteiger charge is -2.17. The number of likely N-dealkylation sites (tertiary alicyclic amines) is 1. The number of carbonyl (C=O) groups excluding carboxylic acids is 2. The number of carbonyl (C=O) groups is 2. The van der Waals surface area contributed by atoms with Crippen LogP contribution in [0.25, 0.3) is 0 Å². The second-order valence-electron chi connectivity index (χ2n) is 9.38. The lowest BCUT2D eigenvalue weighted by atomic mass is 9.95. The average molecular weight is 450 g/mol. The highest BCUT2D eigenvalue weighted by atomic mass is 16.5. The van der Waals surface area contributed by atoms with Crippen molar-refractivity contribution >= 4 is 11.7 Å². The standard InChI is InChI=1S/C28H35NO4/c1-2-33-27-19-23(28(32)29-15-5-6-16-29)10-13-25(27)26(31)14-12-24(30)11-9-20-17-21-7-3-4-8-22(21)18-20/h3-4,7-8,10,13,19-20,24,30H,2,5-6,9,11-12,14-18H2,1H3/t24-/m0/s1. The van der Waals surface area contributed by atoms with Gasteiger partial charge in [-0.3, -0.25) is 9.59 Å². The summed E-state index contributed by atoms with van der Waals surface area (Å²) in [5, 5.41) is 10.5. The van der Waals surface area contributed by atoms with Crippen LogP contribution in [-0.2, 0) is 12.8 Å². The number of ether oxygens (including phenoxy) is 1. The van der Waals surface area contributed by atoms with Gasteiger partial charge in [0.2, 0.25) is 0 Å². The monoisotopic (exact) mass is 449 g/mol. The molecule has 1 fully saturated rings. The van der Waals surface area contributed by atoms with Gasteiger partial charge in [0.15, 0.2) is 5.78 Å². The molecule has 4 rings (SSSR count). The Bertz CT molecular complexity index is 955. The van der Waals surface area contributed by atoms with E-state index in [9.17, 15) is 14.7 Å². The normalized spacial score (nSPS) is 16.6. The third-order valence-electron chi connectivity index (χ3n) is 6.97. The van der Waals surface area contributed by atoms with Crippen LogP contribution in [0.4, 0.5) is 0 Å². The third-order valence-corrected chi connectivity index (χ3v) is 6.97. The zero-order valence-electron chi connectivity index (χ0n) is 19.6. The van der Waals surface area contributed by atoms with Gasteiger partial charge in [-0.25, -0.2) is 0 Å². The maximum Gasteiger partial charge on any atom is 0.253 e. The number of hydrogen-bond acceptors (Lipinski definition) is 4. The van der Waals surface area contributed by atoms with Crippen molar-refractivity contribution in [1.82, 2.24) is 4.90 Å². The second kappa shape index (κ2) is 11.0. The highest BCUT2D eigenvalue weighted by molar-refractivity contribution is 6.01. The number of rotatable bonds is 10. The highest BCUT2D eigenvalue weighted by Crippen LogP contribution is 2.30. The van der Waals surface area contributed by atoms with Crippen molar-refractivity contribution in [3.05, 3.63) is 64.7 Å². The molecule has 0 aromatic heterocycles. The Kier molecular flexibility index (Phi) is 7.81. The molecule has 0 spiro atoms. The van der Waals surface area contributed by atoms with Crippen molar-refractivity contribution in [2.24, 2.45) is 5.92 Å². The van der Waals surface area contributed by atoms with Gasteiger partial charge in [-0.05, 0) is 87.1 Å². The molecule has 1 heterocycles. The molecule has 1 N–H and O–H groups in total. The molecule has 0 unspecified atom stereocenters. The molecule has 1 atom stereocenters. The number of benzene rings is 2. The van der Waals surface area contributed by atoms with E-state index in [1.165, 1.54) is 11.1 Å². The van der Waals surface area contributed by atoms with E-state index in [0.717, 1.165) is 45.2 Å². The second-order valence-corrected chi connectivity index (χ2v) is 9.38. The van der Waals surface area contributed by atoms with Crippen LogP contribution in [0.1, 0.15) is 77.3 Å². The quantitative estimate of drug-likeness (QED) is 0.527. The number of fused-ring (bicyclic) bond motifs is 1. The largest absolute Gasteiger partial charge is 0.493 e. The van der Waals surface area contributed by atoms with E-state index in [1.54, 1.807) is 18.2 Å². The Labute approximate surface area is 196 Å². The van der Waals surface area contributed by atoms with Crippen LogP contribution in [0, 0.1) is 5.92 Å². The predicted octanol–water partition coefficient (Wildman–Crippen LogP) is 4.84. The van der Waals surface area contributed by atoms with Crippen molar-refractivity contribution in [2.75, 3.05) is 19.7 Å². The SMILES string of the molecule is CCOc1cc(C(=O)N2CCCC2)ccc1C(=O)CC[C@@H](O)CCC1Cc2ccccc2C1. The van der Waals surface area contributed by atoms with Crippen molar-refractivity contribution < 1.29 is 19.4 Å². The molecule has 5 nitrogen and oxygen atoms in total. The van der Waals surface area contributed by atoms with Gasteiger partial charge in [-0.15, -0.1) is 0 Å². The summed E-state index contributed by atoms with van der Waals surface area (Å²) in [5.41, 5.74) is 3.92. The number of nitrogens with zero attached hydrogens (tertiary/aromatic N) is 1. The number of aliphatic hydroxyl groups is 1. The Hall–Kier alpha value is -2.66. The molecule has 2 aromatic carbocycles. The van der Waals surface area contributed by atoms with Gasteiger partial charge in [0.25, 0.3) is 5.91 Å². The number of ketones is 1. The molecular formula is C28H35NO4. The van der Waals surface area contributed by atoms with Gasteiger partial charge in [0, 0.05) is 25.1 Å². The van der Waals surface area contributed by atoms with E-state index in [1.807, 2.05) is 11.8 Å². The summed E-state index contributed by atoms with van der Waals surface area (Å²) in [6, 6.07) is 13.7. The van der Waals surface area contributed by atoms with Crippen molar-refractivity contribution in [3.63, 3.8) is 0 Å². The maximum atomic E-state index is 12.9. The van der Waals surface area contributed by atoms with Crippen LogP contribution in [-0.4, -0.2) is 47.5 Å². The van der Waals surface area contributed by atoms with Crippen LogP contribution in [0.5, 0.6) is 5.75 Å². The lowest BCUT2D eigenvalue weighted by molar-refractivity contribution is 0.0791. The molecule has 5 heteroatoms. The number of Topliss-reactive ketones (excluding diaryl/α,β-unsaturated/α-hetero) is 1. The minimum absolute atomic E-state index is 0.00284. The van der Waals surface area contributed by atoms with E-state index in [0.29, 0.717) is 42.2 Å². The van der Waals surface area contributed by atoms with Crippen LogP contribution < -0.4 is 4.74 Å². The van der Waals surface area contributed by atoms with Crippen LogP contribution in [0.3, 0.4) is 0 Å². The van der Waals surface area contributed by atoms with E-state index < -0.39 is 6.10 Å². The zero-order valence-corrected chi connectivity index (χ0v) is 19.6. The maximum absolute atomic E-state index is 12.9. The molecule has 0 saturated carbocycles. The summed E-state index contributed by atoms with van der Waals surface area (Å²) in [4.78, 5) is 27.5. The average Bonchev–Trinajstić information content (AvgIpc) is 3.51. The molecular weight excluding hydrogens is 414 g/mol. The molecule has 33 heavy (non-hydrogen) atoms. The van der Waals surface area contributed by atoms with Gasteiger partial charge in [0.05, 0.1) is 18.3 Å². The minimum Gasteiger partial charge on any atom is -0.493 e. The van der Waals surface area contributed by atoms with Gasteiger partial charge in [-0.2, -0.15) is 0 Å². The van der Waals surface area contributed by atoms with Crippen molar-refractivity contribution in [3.8, 4) is 5.75 Å². The van der Waals surface area contributed by atoms with E-state index in [2.05, 4.69) is 24.3 Å². The number of aliphatic hydroxyl groups excluding tert-OH is 1. The van der Waals surface area contributed by atoms with Gasteiger partial charge in [0.1, 0.15) is 5.75 Å². The van der Waals surface area contributed by atoms with Gasteiger partial charge in [-0.1, -0.05) is 24.3 Å². The molecule has 2 aromatic rings. The summed E-state index contributed by atoms with van der Waals surface area (Å²) in [6.45, 7) is 3.87. The Morgan fingerprint density at radius 3 is 2.42 bits per heavy atom. The number of hydrogen-bond donors (Lipinski definition) is 1. The van der Waals surface area contributed by atoms with Crippen molar-refractivity contribution in [1.29, 1.82) is 0 Å².